The quantitative estimate of drug-likeness (QED) is 0.697. The molecule has 13 heavy (non-hydrogen) atoms. The smallest absolute Gasteiger partial charge is 0.315 e. The van der Waals surface area contributed by atoms with Crippen molar-refractivity contribution in [3.63, 3.8) is 0 Å². The molecule has 0 spiro atoms. The van der Waals surface area contributed by atoms with Crippen LogP contribution in [0.4, 0.5) is 8.78 Å². The summed E-state index contributed by atoms with van der Waals surface area (Å²) in [6, 6.07) is -0.194. The van der Waals surface area contributed by atoms with Crippen molar-refractivity contribution in [3.05, 3.63) is 0 Å². The lowest BCUT2D eigenvalue weighted by atomic mass is 9.95. The number of nitrogens with one attached hydrogen (secondary N) is 1. The Balaban J connectivity index is 1.86. The minimum absolute atomic E-state index is 0.0345. The van der Waals surface area contributed by atoms with Crippen LogP contribution in [0, 0.1) is 0 Å². The van der Waals surface area contributed by atoms with E-state index in [1.54, 1.807) is 0 Å². The first kappa shape index (κ1) is 8.87. The number of rotatable bonds is 2. The molecule has 3 unspecified atom stereocenters. The molecule has 3 nitrogen and oxygen atoms in total. The molecule has 2 aliphatic heterocycles. The lowest BCUT2D eigenvalue weighted by Crippen LogP contribution is -2.43. The molecule has 1 N–H and O–H groups in total. The van der Waals surface area contributed by atoms with E-state index in [-0.39, 0.29) is 18.2 Å². The summed E-state index contributed by atoms with van der Waals surface area (Å²) >= 11 is 0. The van der Waals surface area contributed by atoms with E-state index in [1.807, 2.05) is 0 Å². The molecule has 74 valence electrons. The first-order valence-corrected chi connectivity index (χ1v) is 4.41. The zero-order valence-corrected chi connectivity index (χ0v) is 7.00. The van der Waals surface area contributed by atoms with Crippen LogP contribution in [0.5, 0.6) is 0 Å². The fraction of sp³-hybridized carbons (Fsp3) is 0.875. The van der Waals surface area contributed by atoms with Crippen LogP contribution in [0.15, 0.2) is 0 Å². The van der Waals surface area contributed by atoms with E-state index in [9.17, 15) is 13.6 Å². The molecule has 5 heteroatoms. The Labute approximate surface area is 74.4 Å². The number of amides is 1. The van der Waals surface area contributed by atoms with Crippen molar-refractivity contribution >= 4 is 5.91 Å². The SMILES string of the molecule is O=C(NC1CC2CCC1O2)C(F)F. The van der Waals surface area contributed by atoms with E-state index in [1.165, 1.54) is 0 Å². The van der Waals surface area contributed by atoms with Crippen LogP contribution >= 0.6 is 0 Å². The fourth-order valence-corrected chi connectivity index (χ4v) is 2.04. The van der Waals surface area contributed by atoms with Crippen LogP contribution in [0.3, 0.4) is 0 Å². The maximum Gasteiger partial charge on any atom is 0.315 e. The van der Waals surface area contributed by atoms with Gasteiger partial charge in [-0.2, -0.15) is 8.78 Å². The van der Waals surface area contributed by atoms with E-state index in [0.717, 1.165) is 12.8 Å². The normalized spacial score (nSPS) is 37.0. The van der Waals surface area contributed by atoms with Gasteiger partial charge in [0.2, 0.25) is 0 Å². The minimum atomic E-state index is -2.92. The number of carbonyl (C=O) groups excluding carboxylic acids is 1. The Morgan fingerprint density at radius 2 is 2.23 bits per heavy atom. The van der Waals surface area contributed by atoms with Gasteiger partial charge in [0.05, 0.1) is 18.2 Å². The van der Waals surface area contributed by atoms with Gasteiger partial charge in [-0.05, 0) is 19.3 Å². The highest BCUT2D eigenvalue weighted by Gasteiger charge is 2.41. The molecular formula is C8H11F2NO2. The Morgan fingerprint density at radius 3 is 2.69 bits per heavy atom. The van der Waals surface area contributed by atoms with E-state index < -0.39 is 12.3 Å². The van der Waals surface area contributed by atoms with Gasteiger partial charge in [-0.25, -0.2) is 0 Å². The van der Waals surface area contributed by atoms with Gasteiger partial charge in [-0.1, -0.05) is 0 Å². The first-order valence-electron chi connectivity index (χ1n) is 4.41. The Morgan fingerprint density at radius 1 is 1.46 bits per heavy atom. The molecule has 0 saturated carbocycles. The third-order valence-corrected chi connectivity index (χ3v) is 2.63. The van der Waals surface area contributed by atoms with Gasteiger partial charge in [0.15, 0.2) is 0 Å². The van der Waals surface area contributed by atoms with Gasteiger partial charge in [-0.15, -0.1) is 0 Å². The van der Waals surface area contributed by atoms with Gasteiger partial charge in [0.25, 0.3) is 5.91 Å². The van der Waals surface area contributed by atoms with Crippen molar-refractivity contribution in [3.8, 4) is 0 Å². The molecule has 0 aliphatic carbocycles. The summed E-state index contributed by atoms with van der Waals surface area (Å²) in [5, 5.41) is 2.30. The van der Waals surface area contributed by atoms with Crippen molar-refractivity contribution in [2.45, 2.75) is 43.9 Å². The minimum Gasteiger partial charge on any atom is -0.373 e. The topological polar surface area (TPSA) is 38.3 Å². The van der Waals surface area contributed by atoms with Crippen LogP contribution in [0.25, 0.3) is 0 Å². The number of fused-ring (bicyclic) bond motifs is 2. The van der Waals surface area contributed by atoms with Gasteiger partial charge in [0, 0.05) is 0 Å². The predicted octanol–water partition coefficient (Wildman–Crippen LogP) is 0.688. The summed E-state index contributed by atoms with van der Waals surface area (Å²) in [4.78, 5) is 10.7. The zero-order chi connectivity index (χ0) is 9.42. The molecule has 2 heterocycles. The first-order chi connectivity index (χ1) is 6.16. The van der Waals surface area contributed by atoms with Crippen molar-refractivity contribution < 1.29 is 18.3 Å². The van der Waals surface area contributed by atoms with Crippen molar-refractivity contribution in [2.24, 2.45) is 0 Å². The summed E-state index contributed by atoms with van der Waals surface area (Å²) in [7, 11) is 0. The number of halogens is 2. The molecule has 0 aromatic carbocycles. The standard InChI is InChI=1S/C8H11F2NO2/c9-7(10)8(12)11-5-3-4-1-2-6(5)13-4/h4-7H,1-3H2,(H,11,12). The lowest BCUT2D eigenvalue weighted by molar-refractivity contribution is -0.132. The number of carbonyl (C=O) groups is 1. The largest absolute Gasteiger partial charge is 0.373 e. The van der Waals surface area contributed by atoms with Gasteiger partial charge in [0.1, 0.15) is 0 Å². The Kier molecular flexibility index (Phi) is 2.19. The van der Waals surface area contributed by atoms with Crippen LogP contribution in [-0.2, 0) is 9.53 Å². The van der Waals surface area contributed by atoms with E-state index in [4.69, 9.17) is 4.74 Å². The van der Waals surface area contributed by atoms with Crippen molar-refractivity contribution in [1.82, 2.24) is 5.32 Å². The molecule has 1 amide bonds. The van der Waals surface area contributed by atoms with Gasteiger partial charge < -0.3 is 10.1 Å². The molecule has 2 fully saturated rings. The molecule has 2 saturated heterocycles. The van der Waals surface area contributed by atoms with Crippen LogP contribution in [0.1, 0.15) is 19.3 Å². The van der Waals surface area contributed by atoms with E-state index >= 15 is 0 Å². The predicted molar refractivity (Wildman–Crippen MR) is 40.4 cm³/mol. The molecular weight excluding hydrogens is 180 g/mol. The summed E-state index contributed by atoms with van der Waals surface area (Å²) in [5.74, 6) is -1.18. The highest BCUT2D eigenvalue weighted by atomic mass is 19.3. The second kappa shape index (κ2) is 3.21. The maximum absolute atomic E-state index is 11.9. The molecule has 0 radical (unpaired) electrons. The van der Waals surface area contributed by atoms with Crippen LogP contribution in [-0.4, -0.2) is 30.6 Å². The number of alkyl halides is 2. The monoisotopic (exact) mass is 191 g/mol. The highest BCUT2D eigenvalue weighted by molar-refractivity contribution is 5.79. The Bertz CT molecular complexity index is 222. The molecule has 2 bridgehead atoms. The Hall–Kier alpha value is -0.710. The molecule has 2 rings (SSSR count). The van der Waals surface area contributed by atoms with Crippen molar-refractivity contribution in [2.75, 3.05) is 0 Å². The summed E-state index contributed by atoms with van der Waals surface area (Å²) in [5.41, 5.74) is 0. The third kappa shape index (κ3) is 1.65. The number of hydrogen-bond acceptors (Lipinski definition) is 2. The summed E-state index contributed by atoms with van der Waals surface area (Å²) in [6.45, 7) is 0. The molecule has 2 aliphatic rings. The second-order valence-electron chi connectivity index (χ2n) is 3.53. The van der Waals surface area contributed by atoms with Crippen LogP contribution < -0.4 is 5.32 Å². The average molecular weight is 191 g/mol. The van der Waals surface area contributed by atoms with E-state index in [0.29, 0.717) is 6.42 Å². The zero-order valence-electron chi connectivity index (χ0n) is 7.00. The number of ether oxygens (including phenoxy) is 1. The van der Waals surface area contributed by atoms with Crippen molar-refractivity contribution in [1.29, 1.82) is 0 Å². The lowest BCUT2D eigenvalue weighted by Gasteiger charge is -2.19. The fourth-order valence-electron chi connectivity index (χ4n) is 2.04. The number of hydrogen-bond donors (Lipinski definition) is 1. The van der Waals surface area contributed by atoms with Gasteiger partial charge >= 0.3 is 6.43 Å². The highest BCUT2D eigenvalue weighted by Crippen LogP contribution is 2.34. The van der Waals surface area contributed by atoms with Gasteiger partial charge in [-0.3, -0.25) is 4.79 Å². The molecule has 3 atom stereocenters. The second-order valence-corrected chi connectivity index (χ2v) is 3.53. The van der Waals surface area contributed by atoms with E-state index in [2.05, 4.69) is 5.32 Å². The maximum atomic E-state index is 11.9. The molecule has 0 aromatic heterocycles. The summed E-state index contributed by atoms with van der Waals surface area (Å²) in [6.07, 6.45) is -0.229. The average Bonchev–Trinajstić information content (AvgIpc) is 2.64. The molecule has 0 aromatic rings. The third-order valence-electron chi connectivity index (χ3n) is 2.63. The van der Waals surface area contributed by atoms with Crippen LogP contribution in [0.2, 0.25) is 0 Å². The summed E-state index contributed by atoms with van der Waals surface area (Å²) < 4.78 is 29.1.